The zero-order valence-corrected chi connectivity index (χ0v) is 7.99. The second-order valence-electron chi connectivity index (χ2n) is 3.58. The van der Waals surface area contributed by atoms with Crippen molar-refractivity contribution in [3.05, 3.63) is 12.2 Å². The van der Waals surface area contributed by atoms with Gasteiger partial charge in [0, 0.05) is 0 Å². The third-order valence-electron chi connectivity index (χ3n) is 2.49. The fourth-order valence-electron chi connectivity index (χ4n) is 1.54. The van der Waals surface area contributed by atoms with E-state index >= 15 is 0 Å². The van der Waals surface area contributed by atoms with Crippen molar-refractivity contribution in [2.75, 3.05) is 0 Å². The molecule has 2 heterocycles. The molecule has 0 aromatic carbocycles. The number of hydrogen-bond acceptors (Lipinski definition) is 6. The van der Waals surface area contributed by atoms with Gasteiger partial charge in [-0.25, -0.2) is 4.98 Å². The molecular weight excluding hydrogens is 214 g/mol. The van der Waals surface area contributed by atoms with Gasteiger partial charge in [-0.1, -0.05) is 5.16 Å². The van der Waals surface area contributed by atoms with Crippen LogP contribution in [-0.2, 0) is 4.79 Å². The third-order valence-corrected chi connectivity index (χ3v) is 2.49. The van der Waals surface area contributed by atoms with Gasteiger partial charge in [-0.15, -0.1) is 0 Å². The number of H-pyrrole nitrogens is 1. The van der Waals surface area contributed by atoms with Crippen LogP contribution in [0.1, 0.15) is 18.2 Å². The van der Waals surface area contributed by atoms with Crippen molar-refractivity contribution < 1.29 is 14.4 Å². The Kier molecular flexibility index (Phi) is 1.76. The molecule has 0 bridgehead atoms. The number of nitrogens with zero attached hydrogens (tertiary/aromatic N) is 4. The van der Waals surface area contributed by atoms with Crippen molar-refractivity contribution >= 4 is 5.97 Å². The Hall–Kier alpha value is -2.25. The number of nitrogens with one attached hydrogen (secondary N) is 1. The van der Waals surface area contributed by atoms with Crippen LogP contribution in [0.2, 0.25) is 0 Å². The molecule has 0 amide bonds. The molecule has 2 unspecified atom stereocenters. The van der Waals surface area contributed by atoms with E-state index in [0.29, 0.717) is 24.0 Å². The number of carbonyl (C=O) groups is 1. The van der Waals surface area contributed by atoms with Crippen LogP contribution in [0.5, 0.6) is 0 Å². The Morgan fingerprint density at radius 2 is 2.50 bits per heavy atom. The number of hydrogen-bond donors (Lipinski definition) is 2. The molecule has 1 fully saturated rings. The highest BCUT2D eigenvalue weighted by atomic mass is 16.5. The molecule has 1 aliphatic carbocycles. The van der Waals surface area contributed by atoms with E-state index in [4.69, 9.17) is 9.63 Å². The predicted molar refractivity (Wildman–Crippen MR) is 48.2 cm³/mol. The van der Waals surface area contributed by atoms with Crippen LogP contribution in [0.15, 0.2) is 10.9 Å². The van der Waals surface area contributed by atoms with Crippen molar-refractivity contribution in [2.24, 2.45) is 5.92 Å². The van der Waals surface area contributed by atoms with Gasteiger partial charge in [0.25, 0.3) is 0 Å². The summed E-state index contributed by atoms with van der Waals surface area (Å²) in [6.07, 6.45) is 1.88. The average Bonchev–Trinajstić information content (AvgIpc) is 2.72. The first kappa shape index (κ1) is 9.01. The van der Waals surface area contributed by atoms with Crippen LogP contribution in [0.25, 0.3) is 11.6 Å². The van der Waals surface area contributed by atoms with Crippen LogP contribution < -0.4 is 0 Å². The lowest BCUT2D eigenvalue weighted by atomic mass is 10.3. The fraction of sp³-hybridized carbons (Fsp3) is 0.375. The number of carboxylic acid groups (broad SMARTS) is 1. The molecule has 2 N–H and O–H groups in total. The monoisotopic (exact) mass is 221 g/mol. The molecule has 0 saturated heterocycles. The topological polar surface area (TPSA) is 118 Å². The van der Waals surface area contributed by atoms with E-state index in [-0.39, 0.29) is 5.92 Å². The van der Waals surface area contributed by atoms with Crippen molar-refractivity contribution in [3.63, 3.8) is 0 Å². The van der Waals surface area contributed by atoms with Crippen molar-refractivity contribution in [3.8, 4) is 11.6 Å². The molecule has 0 aliphatic heterocycles. The van der Waals surface area contributed by atoms with E-state index < -0.39 is 11.9 Å². The quantitative estimate of drug-likeness (QED) is 0.751. The van der Waals surface area contributed by atoms with Crippen LogP contribution >= 0.6 is 0 Å². The first-order valence-electron chi connectivity index (χ1n) is 4.68. The maximum Gasteiger partial charge on any atom is 0.307 e. The summed E-state index contributed by atoms with van der Waals surface area (Å²) in [5.41, 5.74) is 0. The number of aliphatic carboxylic acids is 1. The summed E-state index contributed by atoms with van der Waals surface area (Å²) in [6.45, 7) is 0. The highest BCUT2D eigenvalue weighted by Gasteiger charge is 2.48. The first-order valence-corrected chi connectivity index (χ1v) is 4.68. The number of aromatic amines is 1. The molecule has 0 radical (unpaired) electrons. The Labute approximate surface area is 88.7 Å². The van der Waals surface area contributed by atoms with Gasteiger partial charge in [-0.3, -0.25) is 9.89 Å². The number of rotatable bonds is 3. The SMILES string of the molecule is O=C(O)C1CC1c1nc(-c2ncn[nH]2)no1. The predicted octanol–water partition coefficient (Wildman–Crippen LogP) is 0.0428. The Bertz CT molecular complexity index is 520. The molecule has 2 aromatic rings. The van der Waals surface area contributed by atoms with Gasteiger partial charge in [-0.2, -0.15) is 10.1 Å². The summed E-state index contributed by atoms with van der Waals surface area (Å²) >= 11 is 0. The minimum Gasteiger partial charge on any atom is -0.481 e. The molecule has 1 aliphatic rings. The van der Waals surface area contributed by atoms with Crippen molar-refractivity contribution in [2.45, 2.75) is 12.3 Å². The van der Waals surface area contributed by atoms with Gasteiger partial charge < -0.3 is 9.63 Å². The van der Waals surface area contributed by atoms with E-state index in [1.54, 1.807) is 0 Å². The molecular formula is C8H7N5O3. The summed E-state index contributed by atoms with van der Waals surface area (Å²) in [6, 6.07) is 0. The van der Waals surface area contributed by atoms with E-state index in [9.17, 15) is 4.79 Å². The number of carboxylic acids is 1. The van der Waals surface area contributed by atoms with E-state index in [0.717, 1.165) is 0 Å². The normalized spacial score (nSPS) is 23.2. The van der Waals surface area contributed by atoms with E-state index in [2.05, 4.69) is 25.3 Å². The summed E-state index contributed by atoms with van der Waals surface area (Å²) in [4.78, 5) is 18.6. The van der Waals surface area contributed by atoms with Gasteiger partial charge in [0.1, 0.15) is 6.33 Å². The zero-order valence-electron chi connectivity index (χ0n) is 7.99. The largest absolute Gasteiger partial charge is 0.481 e. The maximum absolute atomic E-state index is 10.7. The average molecular weight is 221 g/mol. The minimum absolute atomic E-state index is 0.165. The summed E-state index contributed by atoms with van der Waals surface area (Å²) < 4.78 is 4.98. The zero-order chi connectivity index (χ0) is 11.1. The molecule has 2 atom stereocenters. The molecule has 2 aromatic heterocycles. The summed E-state index contributed by atoms with van der Waals surface area (Å²) in [5.74, 6) is -0.348. The molecule has 8 heteroatoms. The third kappa shape index (κ3) is 1.35. The Balaban J connectivity index is 1.82. The van der Waals surface area contributed by atoms with Crippen molar-refractivity contribution in [1.82, 2.24) is 25.3 Å². The first-order chi connectivity index (χ1) is 7.75. The highest BCUT2D eigenvalue weighted by molar-refractivity contribution is 5.74. The van der Waals surface area contributed by atoms with Crippen LogP contribution in [0.4, 0.5) is 0 Å². The Morgan fingerprint density at radius 1 is 1.62 bits per heavy atom. The smallest absolute Gasteiger partial charge is 0.307 e. The lowest BCUT2D eigenvalue weighted by molar-refractivity contribution is -0.138. The molecule has 0 spiro atoms. The molecule has 1 saturated carbocycles. The number of aromatic nitrogens is 5. The van der Waals surface area contributed by atoms with E-state index in [1.807, 2.05) is 0 Å². The van der Waals surface area contributed by atoms with Gasteiger partial charge in [-0.05, 0) is 6.42 Å². The molecule has 8 nitrogen and oxygen atoms in total. The summed E-state index contributed by atoms with van der Waals surface area (Å²) in [7, 11) is 0. The second-order valence-corrected chi connectivity index (χ2v) is 3.58. The molecule has 82 valence electrons. The standard InChI is InChI=1S/C8H7N5O3/c14-8(15)4-1-3(4)7-11-6(13-16-7)5-9-2-10-12-5/h2-4H,1H2,(H,14,15)(H,9,10,12). The minimum atomic E-state index is -0.829. The van der Waals surface area contributed by atoms with Gasteiger partial charge in [0.2, 0.25) is 11.7 Å². The Morgan fingerprint density at radius 3 is 3.12 bits per heavy atom. The second kappa shape index (κ2) is 3.12. The van der Waals surface area contributed by atoms with E-state index in [1.165, 1.54) is 6.33 Å². The highest BCUT2D eigenvalue weighted by Crippen LogP contribution is 2.46. The summed E-state index contributed by atoms with van der Waals surface area (Å²) in [5, 5.41) is 18.7. The van der Waals surface area contributed by atoms with Crippen molar-refractivity contribution in [1.29, 1.82) is 0 Å². The van der Waals surface area contributed by atoms with Crippen LogP contribution in [-0.4, -0.2) is 36.4 Å². The lowest BCUT2D eigenvalue weighted by Gasteiger charge is -1.86. The lowest BCUT2D eigenvalue weighted by Crippen LogP contribution is -1.98. The van der Waals surface area contributed by atoms with Gasteiger partial charge in [0.15, 0.2) is 5.82 Å². The van der Waals surface area contributed by atoms with Crippen LogP contribution in [0.3, 0.4) is 0 Å². The molecule has 16 heavy (non-hydrogen) atoms. The van der Waals surface area contributed by atoms with Crippen LogP contribution in [0, 0.1) is 5.92 Å². The molecule has 3 rings (SSSR count). The van der Waals surface area contributed by atoms with Gasteiger partial charge in [0.05, 0.1) is 11.8 Å². The maximum atomic E-state index is 10.7. The van der Waals surface area contributed by atoms with Gasteiger partial charge >= 0.3 is 5.97 Å². The fourth-order valence-corrected chi connectivity index (χ4v) is 1.54.